The Morgan fingerprint density at radius 1 is 1.38 bits per heavy atom. The van der Waals surface area contributed by atoms with Gasteiger partial charge in [-0.1, -0.05) is 12.1 Å². The smallest absolute Gasteiger partial charge is 0.325 e. The molecular formula is C14H17BrN2O4. The van der Waals surface area contributed by atoms with Gasteiger partial charge in [-0.2, -0.15) is 0 Å². The summed E-state index contributed by atoms with van der Waals surface area (Å²) >= 11 is 3.33. The van der Waals surface area contributed by atoms with E-state index < -0.39 is 17.7 Å². The number of urea groups is 1. The van der Waals surface area contributed by atoms with Crippen molar-refractivity contribution in [3.63, 3.8) is 0 Å². The van der Waals surface area contributed by atoms with Crippen molar-refractivity contribution in [2.75, 3.05) is 13.2 Å². The molecule has 0 bridgehead atoms. The number of ether oxygens (including phenoxy) is 1. The summed E-state index contributed by atoms with van der Waals surface area (Å²) in [7, 11) is 0. The zero-order chi connectivity index (χ0) is 15.6. The lowest BCUT2D eigenvalue weighted by Gasteiger charge is -2.19. The maximum Gasteiger partial charge on any atom is 0.325 e. The predicted molar refractivity (Wildman–Crippen MR) is 80.0 cm³/mol. The van der Waals surface area contributed by atoms with Crippen molar-refractivity contribution in [1.82, 2.24) is 10.2 Å². The van der Waals surface area contributed by atoms with Crippen molar-refractivity contribution in [3.05, 3.63) is 28.7 Å². The normalized spacial score (nSPS) is 18.6. The van der Waals surface area contributed by atoms with E-state index in [0.29, 0.717) is 5.75 Å². The van der Waals surface area contributed by atoms with Gasteiger partial charge in [-0.15, -0.1) is 0 Å². The number of imide groups is 1. The Hall–Kier alpha value is -1.60. The summed E-state index contributed by atoms with van der Waals surface area (Å²) in [6, 6.07) is 6.75. The Morgan fingerprint density at radius 2 is 2.05 bits per heavy atom. The van der Waals surface area contributed by atoms with Gasteiger partial charge in [0.1, 0.15) is 24.0 Å². The summed E-state index contributed by atoms with van der Waals surface area (Å²) in [5, 5.41) is 12.5. The standard InChI is InChI=1S/C14H17BrN2O4/c1-14(2)12(19)17(13(20)16-14)7-9(18)8-21-11-6-4-3-5-10(11)15/h3-6,9,18H,7-8H2,1-2H3,(H,16,20)/t9-/m0/s1. The number of amides is 3. The summed E-state index contributed by atoms with van der Waals surface area (Å²) < 4.78 is 6.24. The molecule has 0 radical (unpaired) electrons. The van der Waals surface area contributed by atoms with Gasteiger partial charge in [0.15, 0.2) is 0 Å². The lowest BCUT2D eigenvalue weighted by Crippen LogP contribution is -2.42. The Labute approximate surface area is 131 Å². The highest BCUT2D eigenvalue weighted by molar-refractivity contribution is 9.10. The van der Waals surface area contributed by atoms with E-state index in [4.69, 9.17) is 4.74 Å². The molecule has 114 valence electrons. The van der Waals surface area contributed by atoms with E-state index in [1.54, 1.807) is 19.9 Å². The number of hydrogen-bond acceptors (Lipinski definition) is 4. The highest BCUT2D eigenvalue weighted by Gasteiger charge is 2.44. The highest BCUT2D eigenvalue weighted by Crippen LogP contribution is 2.24. The van der Waals surface area contributed by atoms with Crippen LogP contribution in [0.3, 0.4) is 0 Å². The van der Waals surface area contributed by atoms with Crippen LogP contribution in [0.15, 0.2) is 28.7 Å². The molecule has 1 fully saturated rings. The molecule has 1 heterocycles. The first-order chi connectivity index (χ1) is 9.81. The molecule has 0 aromatic heterocycles. The number of carbonyl (C=O) groups is 2. The number of nitrogens with zero attached hydrogens (tertiary/aromatic N) is 1. The maximum absolute atomic E-state index is 12.0. The molecule has 6 nitrogen and oxygen atoms in total. The molecule has 2 N–H and O–H groups in total. The van der Waals surface area contributed by atoms with Gasteiger partial charge in [0.2, 0.25) is 0 Å². The largest absolute Gasteiger partial charge is 0.490 e. The first-order valence-electron chi connectivity index (χ1n) is 6.51. The number of aliphatic hydroxyl groups excluding tert-OH is 1. The van der Waals surface area contributed by atoms with Gasteiger partial charge in [-0.25, -0.2) is 4.79 Å². The number of aliphatic hydroxyl groups is 1. The molecule has 1 aromatic carbocycles. The van der Waals surface area contributed by atoms with Crippen LogP contribution in [0.25, 0.3) is 0 Å². The molecule has 0 aliphatic carbocycles. The third-order valence-electron chi connectivity index (χ3n) is 3.11. The van der Waals surface area contributed by atoms with Crippen molar-refractivity contribution in [3.8, 4) is 5.75 Å². The van der Waals surface area contributed by atoms with Crippen molar-refractivity contribution in [2.45, 2.75) is 25.5 Å². The quantitative estimate of drug-likeness (QED) is 0.784. The van der Waals surface area contributed by atoms with Crippen LogP contribution in [0.5, 0.6) is 5.75 Å². The average molecular weight is 357 g/mol. The van der Waals surface area contributed by atoms with Crippen molar-refractivity contribution < 1.29 is 19.4 Å². The molecule has 0 spiro atoms. The summed E-state index contributed by atoms with van der Waals surface area (Å²) in [5.41, 5.74) is -0.930. The second-order valence-electron chi connectivity index (χ2n) is 5.37. The second kappa shape index (κ2) is 6.03. The van der Waals surface area contributed by atoms with Crippen LogP contribution >= 0.6 is 15.9 Å². The Bertz CT molecular complexity index is 562. The first-order valence-corrected chi connectivity index (χ1v) is 7.30. The van der Waals surface area contributed by atoms with E-state index in [2.05, 4.69) is 21.2 Å². The van der Waals surface area contributed by atoms with Gasteiger partial charge in [-0.3, -0.25) is 9.69 Å². The van der Waals surface area contributed by atoms with Gasteiger partial charge >= 0.3 is 6.03 Å². The third-order valence-corrected chi connectivity index (χ3v) is 3.76. The molecule has 1 aliphatic rings. The van der Waals surface area contributed by atoms with Crippen LogP contribution in [0.4, 0.5) is 4.79 Å². The lowest BCUT2D eigenvalue weighted by molar-refractivity contribution is -0.131. The molecule has 1 aliphatic heterocycles. The van der Waals surface area contributed by atoms with Crippen LogP contribution in [-0.4, -0.2) is 46.7 Å². The van der Waals surface area contributed by atoms with E-state index in [-0.39, 0.29) is 19.1 Å². The molecule has 7 heteroatoms. The number of para-hydroxylation sites is 1. The van der Waals surface area contributed by atoms with Crippen molar-refractivity contribution >= 4 is 27.9 Å². The molecular weight excluding hydrogens is 340 g/mol. The SMILES string of the molecule is CC1(C)NC(=O)N(C[C@H](O)COc2ccccc2Br)C1=O. The number of carbonyl (C=O) groups excluding carboxylic acids is 2. The van der Waals surface area contributed by atoms with Gasteiger partial charge < -0.3 is 15.2 Å². The van der Waals surface area contributed by atoms with Gasteiger partial charge in [-0.05, 0) is 41.9 Å². The Morgan fingerprint density at radius 3 is 2.62 bits per heavy atom. The minimum atomic E-state index is -0.958. The average Bonchev–Trinajstić information content (AvgIpc) is 2.60. The minimum Gasteiger partial charge on any atom is -0.490 e. The van der Waals surface area contributed by atoms with E-state index in [1.807, 2.05) is 18.2 Å². The molecule has 2 rings (SSSR count). The third kappa shape index (κ3) is 3.54. The van der Waals surface area contributed by atoms with Crippen LogP contribution in [0, 0.1) is 0 Å². The molecule has 1 saturated heterocycles. The van der Waals surface area contributed by atoms with Crippen LogP contribution < -0.4 is 10.1 Å². The van der Waals surface area contributed by atoms with E-state index in [0.717, 1.165) is 9.37 Å². The fourth-order valence-corrected chi connectivity index (χ4v) is 2.39. The molecule has 1 aromatic rings. The van der Waals surface area contributed by atoms with Crippen molar-refractivity contribution in [2.24, 2.45) is 0 Å². The first kappa shape index (κ1) is 15.8. The van der Waals surface area contributed by atoms with E-state index in [9.17, 15) is 14.7 Å². The number of nitrogens with one attached hydrogen (secondary N) is 1. The number of hydrogen-bond donors (Lipinski definition) is 2. The maximum atomic E-state index is 12.0. The Kier molecular flexibility index (Phi) is 4.53. The highest BCUT2D eigenvalue weighted by atomic mass is 79.9. The van der Waals surface area contributed by atoms with Gasteiger partial charge in [0.05, 0.1) is 11.0 Å². The number of halogens is 1. The van der Waals surface area contributed by atoms with Crippen LogP contribution in [0.2, 0.25) is 0 Å². The molecule has 0 saturated carbocycles. The summed E-state index contributed by atoms with van der Waals surface area (Å²) in [4.78, 5) is 24.7. The fraction of sp³-hybridized carbons (Fsp3) is 0.429. The monoisotopic (exact) mass is 356 g/mol. The van der Waals surface area contributed by atoms with Crippen LogP contribution in [0.1, 0.15) is 13.8 Å². The molecule has 0 unspecified atom stereocenters. The zero-order valence-corrected chi connectivity index (χ0v) is 13.4. The fourth-order valence-electron chi connectivity index (χ4n) is 1.99. The summed E-state index contributed by atoms with van der Waals surface area (Å²) in [5.74, 6) is 0.238. The lowest BCUT2D eigenvalue weighted by atomic mass is 10.1. The topological polar surface area (TPSA) is 78.9 Å². The molecule has 1 atom stereocenters. The number of rotatable bonds is 5. The molecule has 3 amide bonds. The zero-order valence-electron chi connectivity index (χ0n) is 11.8. The summed E-state index contributed by atoms with van der Waals surface area (Å²) in [6.45, 7) is 3.13. The minimum absolute atomic E-state index is 0.0138. The van der Waals surface area contributed by atoms with E-state index in [1.165, 1.54) is 0 Å². The van der Waals surface area contributed by atoms with Gasteiger partial charge in [0, 0.05) is 0 Å². The Balaban J connectivity index is 1.91. The predicted octanol–water partition coefficient (Wildman–Crippen LogP) is 1.52. The van der Waals surface area contributed by atoms with Crippen molar-refractivity contribution in [1.29, 1.82) is 0 Å². The van der Waals surface area contributed by atoms with Gasteiger partial charge in [0.25, 0.3) is 5.91 Å². The van der Waals surface area contributed by atoms with E-state index >= 15 is 0 Å². The summed E-state index contributed by atoms with van der Waals surface area (Å²) in [6.07, 6.45) is -0.958. The number of benzene rings is 1. The number of β-amino-alcohol motifs (C(OH)–C–C–N with tert-alkyl or cyclic N) is 1. The second-order valence-corrected chi connectivity index (χ2v) is 6.22. The molecule has 21 heavy (non-hydrogen) atoms. The van der Waals surface area contributed by atoms with Crippen LogP contribution in [-0.2, 0) is 4.79 Å².